The molecule has 0 atom stereocenters. The number of aryl methyl sites for hydroxylation is 2. The smallest absolute Gasteiger partial charge is 0.270 e. The standard InChI is InChI=1S/C22H23N3O4S2/c1-3-15-8-10-18(11-9-15)31(28,29)19-13-23-22(25-21(19)27)30-14-20(26)24-17-7-5-6-16(4-2)12-17/h5-13H,3-4,14H2,1-2H3,(H,24,26)(H,23,25,27). The number of hydrogen-bond acceptors (Lipinski definition) is 6. The maximum absolute atomic E-state index is 12.8. The minimum absolute atomic E-state index is 0.0177. The van der Waals surface area contributed by atoms with Crippen LogP contribution in [0.3, 0.4) is 0 Å². The van der Waals surface area contributed by atoms with E-state index in [9.17, 15) is 18.0 Å². The van der Waals surface area contributed by atoms with Crippen molar-refractivity contribution in [3.63, 3.8) is 0 Å². The van der Waals surface area contributed by atoms with Crippen molar-refractivity contribution in [2.75, 3.05) is 11.1 Å². The van der Waals surface area contributed by atoms with E-state index in [-0.39, 0.29) is 21.7 Å². The average molecular weight is 458 g/mol. The monoisotopic (exact) mass is 457 g/mol. The predicted octanol–water partition coefficient (Wildman–Crippen LogP) is 3.46. The van der Waals surface area contributed by atoms with Crippen molar-refractivity contribution in [3.05, 3.63) is 76.2 Å². The summed E-state index contributed by atoms with van der Waals surface area (Å²) in [5, 5.41) is 2.96. The van der Waals surface area contributed by atoms with Crippen LogP contribution in [0.25, 0.3) is 0 Å². The first kappa shape index (κ1) is 22.8. The maximum atomic E-state index is 12.8. The molecule has 31 heavy (non-hydrogen) atoms. The highest BCUT2D eigenvalue weighted by atomic mass is 32.2. The Labute approximate surface area is 185 Å². The molecule has 7 nitrogen and oxygen atoms in total. The number of nitrogens with one attached hydrogen (secondary N) is 2. The average Bonchev–Trinajstić information content (AvgIpc) is 2.77. The van der Waals surface area contributed by atoms with E-state index < -0.39 is 20.3 Å². The highest BCUT2D eigenvalue weighted by Crippen LogP contribution is 2.20. The van der Waals surface area contributed by atoms with Gasteiger partial charge in [-0.1, -0.05) is 49.9 Å². The number of nitrogens with zero attached hydrogens (tertiary/aromatic N) is 1. The zero-order valence-corrected chi connectivity index (χ0v) is 18.8. The van der Waals surface area contributed by atoms with Crippen molar-refractivity contribution < 1.29 is 13.2 Å². The number of thioether (sulfide) groups is 1. The Kier molecular flexibility index (Phi) is 7.29. The molecular weight excluding hydrogens is 434 g/mol. The number of aromatic amines is 1. The van der Waals surface area contributed by atoms with Gasteiger partial charge in [0.15, 0.2) is 10.1 Å². The highest BCUT2D eigenvalue weighted by Gasteiger charge is 2.22. The van der Waals surface area contributed by atoms with Crippen molar-refractivity contribution in [2.45, 2.75) is 41.6 Å². The fourth-order valence-electron chi connectivity index (χ4n) is 2.86. The van der Waals surface area contributed by atoms with Gasteiger partial charge in [-0.2, -0.15) is 0 Å². The second-order valence-corrected chi connectivity index (χ2v) is 9.66. The second-order valence-electron chi connectivity index (χ2n) is 6.77. The SMILES string of the molecule is CCc1ccc(S(=O)(=O)c2cnc(SCC(=O)Nc3cccc(CC)c3)[nH]c2=O)cc1. The molecule has 0 unspecified atom stereocenters. The summed E-state index contributed by atoms with van der Waals surface area (Å²) >= 11 is 1.02. The number of benzene rings is 2. The summed E-state index contributed by atoms with van der Waals surface area (Å²) in [6, 6.07) is 13.9. The molecule has 1 heterocycles. The van der Waals surface area contributed by atoms with Crippen LogP contribution in [0.1, 0.15) is 25.0 Å². The molecule has 9 heteroatoms. The number of anilines is 1. The second kappa shape index (κ2) is 9.93. The third-order valence-corrected chi connectivity index (χ3v) is 7.28. The van der Waals surface area contributed by atoms with Gasteiger partial charge in [-0.05, 0) is 48.2 Å². The third-order valence-electron chi connectivity index (χ3n) is 4.63. The fourth-order valence-corrected chi connectivity index (χ4v) is 4.73. The first-order chi connectivity index (χ1) is 14.8. The lowest BCUT2D eigenvalue weighted by molar-refractivity contribution is -0.113. The van der Waals surface area contributed by atoms with Gasteiger partial charge < -0.3 is 10.3 Å². The predicted molar refractivity (Wildman–Crippen MR) is 121 cm³/mol. The Hall–Kier alpha value is -2.91. The summed E-state index contributed by atoms with van der Waals surface area (Å²) in [7, 11) is -3.98. The van der Waals surface area contributed by atoms with Crippen LogP contribution < -0.4 is 10.9 Å². The van der Waals surface area contributed by atoms with Crippen LogP contribution in [0.15, 0.2) is 74.5 Å². The van der Waals surface area contributed by atoms with E-state index in [1.807, 2.05) is 32.0 Å². The van der Waals surface area contributed by atoms with Crippen molar-refractivity contribution in [2.24, 2.45) is 0 Å². The molecule has 0 radical (unpaired) electrons. The molecule has 0 bridgehead atoms. The molecule has 2 N–H and O–H groups in total. The van der Waals surface area contributed by atoms with Crippen LogP contribution in [0, 0.1) is 0 Å². The van der Waals surface area contributed by atoms with Gasteiger partial charge >= 0.3 is 0 Å². The van der Waals surface area contributed by atoms with Crippen molar-refractivity contribution in [3.8, 4) is 0 Å². The molecule has 0 fully saturated rings. The number of sulfone groups is 1. The van der Waals surface area contributed by atoms with Gasteiger partial charge in [-0.3, -0.25) is 9.59 Å². The molecule has 0 aliphatic rings. The Morgan fingerprint density at radius 2 is 1.77 bits per heavy atom. The molecule has 1 amide bonds. The molecule has 0 saturated heterocycles. The molecule has 0 aliphatic heterocycles. The van der Waals surface area contributed by atoms with E-state index in [0.717, 1.165) is 41.9 Å². The van der Waals surface area contributed by atoms with Crippen molar-refractivity contribution >= 4 is 33.2 Å². The normalized spacial score (nSPS) is 11.3. The number of carbonyl (C=O) groups is 1. The van der Waals surface area contributed by atoms with Crippen LogP contribution in [0.2, 0.25) is 0 Å². The van der Waals surface area contributed by atoms with Gasteiger partial charge in [0.2, 0.25) is 15.7 Å². The molecule has 162 valence electrons. The van der Waals surface area contributed by atoms with Crippen molar-refractivity contribution in [1.29, 1.82) is 0 Å². The molecule has 2 aromatic carbocycles. The minimum atomic E-state index is -3.98. The topological polar surface area (TPSA) is 109 Å². The third kappa shape index (κ3) is 5.62. The first-order valence-electron chi connectivity index (χ1n) is 9.78. The molecule has 1 aromatic heterocycles. The van der Waals surface area contributed by atoms with Gasteiger partial charge in [0.05, 0.1) is 16.8 Å². The summed E-state index contributed by atoms with van der Waals surface area (Å²) < 4.78 is 25.5. The van der Waals surface area contributed by atoms with E-state index in [4.69, 9.17) is 0 Å². The molecule has 0 spiro atoms. The van der Waals surface area contributed by atoms with E-state index in [0.29, 0.717) is 5.69 Å². The van der Waals surface area contributed by atoms with Gasteiger partial charge in [0.1, 0.15) is 0 Å². The summed E-state index contributed by atoms with van der Waals surface area (Å²) in [6.45, 7) is 4.00. The summed E-state index contributed by atoms with van der Waals surface area (Å²) in [6.07, 6.45) is 2.68. The van der Waals surface area contributed by atoms with Gasteiger partial charge in [0.25, 0.3) is 5.56 Å². The fraction of sp³-hybridized carbons (Fsp3) is 0.227. The van der Waals surface area contributed by atoms with E-state index in [1.165, 1.54) is 12.1 Å². The lowest BCUT2D eigenvalue weighted by atomic mass is 10.1. The largest absolute Gasteiger partial charge is 0.325 e. The zero-order chi connectivity index (χ0) is 22.4. The van der Waals surface area contributed by atoms with Crippen LogP contribution in [-0.2, 0) is 27.5 Å². The molecule has 3 aromatic rings. The molecule has 3 rings (SSSR count). The van der Waals surface area contributed by atoms with Crippen LogP contribution in [-0.4, -0.2) is 30.0 Å². The minimum Gasteiger partial charge on any atom is -0.325 e. The van der Waals surface area contributed by atoms with Crippen LogP contribution >= 0.6 is 11.8 Å². The Bertz CT molecular complexity index is 1240. The Balaban J connectivity index is 1.68. The van der Waals surface area contributed by atoms with Gasteiger partial charge in [0, 0.05) is 5.69 Å². The maximum Gasteiger partial charge on any atom is 0.270 e. The Morgan fingerprint density at radius 1 is 1.06 bits per heavy atom. The van der Waals surface area contributed by atoms with E-state index in [1.54, 1.807) is 18.2 Å². The summed E-state index contributed by atoms with van der Waals surface area (Å²) in [5.41, 5.74) is 2.03. The first-order valence-corrected chi connectivity index (χ1v) is 12.2. The lowest BCUT2D eigenvalue weighted by Crippen LogP contribution is -2.20. The lowest BCUT2D eigenvalue weighted by Gasteiger charge is -2.07. The summed E-state index contributed by atoms with van der Waals surface area (Å²) in [5.74, 6) is -0.238. The number of aromatic nitrogens is 2. The number of hydrogen-bond donors (Lipinski definition) is 2. The number of rotatable bonds is 8. The molecule has 0 saturated carbocycles. The van der Waals surface area contributed by atoms with Crippen molar-refractivity contribution in [1.82, 2.24) is 9.97 Å². The molecular formula is C22H23N3O4S2. The molecule has 0 aliphatic carbocycles. The number of carbonyl (C=O) groups excluding carboxylic acids is 1. The van der Waals surface area contributed by atoms with E-state index >= 15 is 0 Å². The summed E-state index contributed by atoms with van der Waals surface area (Å²) in [4.78, 5) is 30.7. The zero-order valence-electron chi connectivity index (χ0n) is 17.2. The van der Waals surface area contributed by atoms with Crippen LogP contribution in [0.5, 0.6) is 0 Å². The van der Waals surface area contributed by atoms with E-state index in [2.05, 4.69) is 15.3 Å². The number of amides is 1. The number of H-pyrrole nitrogens is 1. The van der Waals surface area contributed by atoms with Gasteiger partial charge in [-0.15, -0.1) is 0 Å². The Morgan fingerprint density at radius 3 is 2.42 bits per heavy atom. The van der Waals surface area contributed by atoms with Gasteiger partial charge in [-0.25, -0.2) is 13.4 Å². The van der Waals surface area contributed by atoms with Crippen LogP contribution in [0.4, 0.5) is 5.69 Å². The quantitative estimate of drug-likeness (QED) is 0.396. The highest BCUT2D eigenvalue weighted by molar-refractivity contribution is 7.99.